The van der Waals surface area contributed by atoms with Crippen LogP contribution in [0.25, 0.3) is 0 Å². The molecule has 6 nitrogen and oxygen atoms in total. The highest BCUT2D eigenvalue weighted by Gasteiger charge is 2.52. The molecule has 1 atom stereocenters. The van der Waals surface area contributed by atoms with Gasteiger partial charge in [0.2, 0.25) is 5.91 Å². The topological polar surface area (TPSA) is 78.3 Å². The van der Waals surface area contributed by atoms with Crippen molar-refractivity contribution in [3.8, 4) is 0 Å². The molecule has 2 aliphatic rings. The molecule has 1 aromatic heterocycles. The molecule has 0 unspecified atom stereocenters. The van der Waals surface area contributed by atoms with Crippen molar-refractivity contribution < 1.29 is 9.90 Å². The Morgan fingerprint density at radius 1 is 1.50 bits per heavy atom. The van der Waals surface area contributed by atoms with E-state index in [0.29, 0.717) is 19.5 Å². The number of amides is 1. The summed E-state index contributed by atoms with van der Waals surface area (Å²) in [6.07, 6.45) is 1.55. The maximum absolute atomic E-state index is 12.4. The summed E-state index contributed by atoms with van der Waals surface area (Å²) in [6, 6.07) is 0. The van der Waals surface area contributed by atoms with Gasteiger partial charge in [0.05, 0.1) is 25.4 Å². The Balaban J connectivity index is 1.77. The van der Waals surface area contributed by atoms with E-state index in [1.54, 1.807) is 0 Å². The zero-order chi connectivity index (χ0) is 14.5. The van der Waals surface area contributed by atoms with Gasteiger partial charge in [0.25, 0.3) is 5.56 Å². The molecule has 1 saturated carbocycles. The number of carbonyl (C=O) groups excluding carboxylic acids is 1. The number of hydrogen-bond acceptors (Lipinski definition) is 3. The standard InChI is InChI=1S/C14H21N3O3/c1-14(2)7-10(14)13(20)16-4-3-9-11(8-16)15-17(5-6-18)12(9)19/h10,15,18H,3-8H2,1-2H3/t10-/m1/s1. The van der Waals surface area contributed by atoms with Gasteiger partial charge in [0.15, 0.2) is 0 Å². The van der Waals surface area contributed by atoms with Gasteiger partial charge in [0.1, 0.15) is 0 Å². The smallest absolute Gasteiger partial charge is 0.270 e. The zero-order valence-corrected chi connectivity index (χ0v) is 12.0. The third-order valence-electron chi connectivity index (χ3n) is 4.56. The van der Waals surface area contributed by atoms with Gasteiger partial charge in [-0.25, -0.2) is 0 Å². The van der Waals surface area contributed by atoms with E-state index < -0.39 is 0 Å². The number of aliphatic hydroxyl groups excluding tert-OH is 1. The molecule has 0 saturated heterocycles. The van der Waals surface area contributed by atoms with Crippen molar-refractivity contribution in [2.24, 2.45) is 11.3 Å². The molecule has 3 rings (SSSR count). The molecule has 0 aromatic carbocycles. The molecule has 1 aromatic rings. The van der Waals surface area contributed by atoms with Crippen molar-refractivity contribution in [2.75, 3.05) is 13.2 Å². The van der Waals surface area contributed by atoms with Crippen LogP contribution in [-0.4, -0.2) is 38.8 Å². The Morgan fingerprint density at radius 3 is 2.80 bits per heavy atom. The van der Waals surface area contributed by atoms with Gasteiger partial charge in [-0.2, -0.15) is 0 Å². The lowest BCUT2D eigenvalue weighted by Gasteiger charge is -2.26. The van der Waals surface area contributed by atoms with Crippen LogP contribution in [0.2, 0.25) is 0 Å². The molecule has 1 fully saturated rings. The van der Waals surface area contributed by atoms with E-state index in [9.17, 15) is 9.59 Å². The number of H-pyrrole nitrogens is 1. The number of rotatable bonds is 3. The Labute approximate surface area is 117 Å². The van der Waals surface area contributed by atoms with Crippen molar-refractivity contribution >= 4 is 5.91 Å². The quantitative estimate of drug-likeness (QED) is 0.823. The highest BCUT2D eigenvalue weighted by molar-refractivity contribution is 5.82. The molecule has 2 N–H and O–H groups in total. The summed E-state index contributed by atoms with van der Waals surface area (Å²) >= 11 is 0. The molecule has 2 heterocycles. The molecular weight excluding hydrogens is 258 g/mol. The molecule has 0 radical (unpaired) electrons. The third kappa shape index (κ3) is 2.08. The second kappa shape index (κ2) is 4.48. The van der Waals surface area contributed by atoms with Gasteiger partial charge >= 0.3 is 0 Å². The minimum Gasteiger partial charge on any atom is -0.394 e. The fraction of sp³-hybridized carbons (Fsp3) is 0.714. The first-order valence-electron chi connectivity index (χ1n) is 7.14. The maximum atomic E-state index is 12.4. The largest absolute Gasteiger partial charge is 0.394 e. The summed E-state index contributed by atoms with van der Waals surface area (Å²) in [5.74, 6) is 0.340. The van der Waals surface area contributed by atoms with Crippen LogP contribution in [-0.2, 0) is 24.3 Å². The van der Waals surface area contributed by atoms with Gasteiger partial charge in [-0.1, -0.05) is 13.8 Å². The number of aromatic amines is 1. The third-order valence-corrected chi connectivity index (χ3v) is 4.56. The van der Waals surface area contributed by atoms with Gasteiger partial charge < -0.3 is 10.0 Å². The molecule has 1 aliphatic carbocycles. The van der Waals surface area contributed by atoms with Crippen molar-refractivity contribution in [3.63, 3.8) is 0 Å². The number of nitrogens with zero attached hydrogens (tertiary/aromatic N) is 2. The van der Waals surface area contributed by atoms with Crippen molar-refractivity contribution in [2.45, 2.75) is 39.8 Å². The van der Waals surface area contributed by atoms with Gasteiger partial charge in [-0.3, -0.25) is 19.4 Å². The maximum Gasteiger partial charge on any atom is 0.270 e. The van der Waals surface area contributed by atoms with Crippen LogP contribution in [0.4, 0.5) is 0 Å². The lowest BCUT2D eigenvalue weighted by Crippen LogP contribution is -2.38. The highest BCUT2D eigenvalue weighted by Crippen LogP contribution is 2.52. The number of carbonyl (C=O) groups is 1. The Bertz CT molecular complexity index is 599. The zero-order valence-electron chi connectivity index (χ0n) is 12.0. The summed E-state index contributed by atoms with van der Waals surface area (Å²) in [7, 11) is 0. The lowest BCUT2D eigenvalue weighted by molar-refractivity contribution is -0.134. The summed E-state index contributed by atoms with van der Waals surface area (Å²) in [5, 5.41) is 12.0. The Kier molecular flexibility index (Phi) is 3.01. The summed E-state index contributed by atoms with van der Waals surface area (Å²) in [6.45, 7) is 5.53. The van der Waals surface area contributed by atoms with E-state index in [4.69, 9.17) is 5.11 Å². The molecule has 1 aliphatic heterocycles. The number of fused-ring (bicyclic) bond motifs is 1. The van der Waals surface area contributed by atoms with E-state index in [1.165, 1.54) is 4.68 Å². The predicted octanol–water partition coefficient (Wildman–Crippen LogP) is 0.0995. The fourth-order valence-corrected chi connectivity index (χ4v) is 3.03. The first-order chi connectivity index (χ1) is 9.44. The van der Waals surface area contributed by atoms with E-state index in [0.717, 1.165) is 17.7 Å². The molecule has 6 heteroatoms. The molecule has 110 valence electrons. The van der Waals surface area contributed by atoms with Crippen LogP contribution in [0.5, 0.6) is 0 Å². The molecule has 1 amide bonds. The monoisotopic (exact) mass is 279 g/mol. The van der Waals surface area contributed by atoms with Crippen molar-refractivity contribution in [1.82, 2.24) is 14.7 Å². The average Bonchev–Trinajstić information content (AvgIpc) is 2.94. The molecule has 0 bridgehead atoms. The second-order valence-electron chi connectivity index (χ2n) is 6.50. The Morgan fingerprint density at radius 2 is 2.20 bits per heavy atom. The van der Waals surface area contributed by atoms with Crippen molar-refractivity contribution in [3.05, 3.63) is 21.6 Å². The van der Waals surface area contributed by atoms with E-state index in [1.807, 2.05) is 4.90 Å². The van der Waals surface area contributed by atoms with E-state index in [-0.39, 0.29) is 36.0 Å². The second-order valence-corrected chi connectivity index (χ2v) is 6.50. The van der Waals surface area contributed by atoms with Gasteiger partial charge in [0, 0.05) is 18.0 Å². The lowest BCUT2D eigenvalue weighted by atomic mass is 10.1. The summed E-state index contributed by atoms with van der Waals surface area (Å²) in [4.78, 5) is 26.3. The first kappa shape index (κ1) is 13.4. The van der Waals surface area contributed by atoms with Gasteiger partial charge in [-0.15, -0.1) is 0 Å². The van der Waals surface area contributed by atoms with Crippen LogP contribution in [0.15, 0.2) is 4.79 Å². The van der Waals surface area contributed by atoms with Crippen LogP contribution >= 0.6 is 0 Å². The average molecular weight is 279 g/mol. The number of nitrogens with one attached hydrogen (secondary N) is 1. The molecule has 20 heavy (non-hydrogen) atoms. The summed E-state index contributed by atoms with van der Waals surface area (Å²) in [5.41, 5.74) is 1.65. The van der Waals surface area contributed by atoms with Crippen LogP contribution in [0, 0.1) is 11.3 Å². The van der Waals surface area contributed by atoms with Gasteiger partial charge in [-0.05, 0) is 18.3 Å². The first-order valence-corrected chi connectivity index (χ1v) is 7.14. The molecular formula is C14H21N3O3. The Hall–Kier alpha value is -1.56. The van der Waals surface area contributed by atoms with Crippen LogP contribution < -0.4 is 5.56 Å². The minimum absolute atomic E-state index is 0.0621. The number of hydrogen-bond donors (Lipinski definition) is 2. The highest BCUT2D eigenvalue weighted by atomic mass is 16.3. The summed E-state index contributed by atoms with van der Waals surface area (Å²) < 4.78 is 1.43. The van der Waals surface area contributed by atoms with E-state index >= 15 is 0 Å². The predicted molar refractivity (Wildman–Crippen MR) is 73.1 cm³/mol. The van der Waals surface area contributed by atoms with Crippen LogP contribution in [0.3, 0.4) is 0 Å². The SMILES string of the molecule is CC1(C)C[C@@H]1C(=O)N1CCc2c([nH]n(CCO)c2=O)C1. The van der Waals surface area contributed by atoms with Crippen LogP contribution in [0.1, 0.15) is 31.5 Å². The number of aromatic nitrogens is 2. The molecule has 0 spiro atoms. The number of aliphatic hydroxyl groups is 1. The fourth-order valence-electron chi connectivity index (χ4n) is 3.03. The van der Waals surface area contributed by atoms with E-state index in [2.05, 4.69) is 18.9 Å². The van der Waals surface area contributed by atoms with Crippen molar-refractivity contribution in [1.29, 1.82) is 0 Å². The normalized spacial score (nSPS) is 23.6. The minimum atomic E-state index is -0.0712.